The van der Waals surface area contributed by atoms with Gasteiger partial charge in [-0.05, 0) is 53.8 Å². The molecular weight excluding hydrogens is 396 g/mol. The lowest BCUT2D eigenvalue weighted by Crippen LogP contribution is -2.12. The van der Waals surface area contributed by atoms with Crippen LogP contribution in [0.25, 0.3) is 0 Å². The molecule has 0 amide bonds. The Labute approximate surface area is 141 Å². The summed E-state index contributed by atoms with van der Waals surface area (Å²) in [5, 5.41) is 0.390. The lowest BCUT2D eigenvalue weighted by molar-refractivity contribution is 0.402. The Kier molecular flexibility index (Phi) is 5.32. The lowest BCUT2D eigenvalue weighted by Gasteiger charge is -2.11. The molecule has 0 aliphatic heterocycles. The number of nitrogens with one attached hydrogen (secondary N) is 1. The van der Waals surface area contributed by atoms with Crippen LogP contribution in [0, 0.1) is 0 Å². The molecule has 1 aromatic carbocycles. The van der Waals surface area contributed by atoms with Gasteiger partial charge in [0.2, 0.25) is 0 Å². The molecule has 0 atom stereocenters. The summed E-state index contributed by atoms with van der Waals surface area (Å²) < 4.78 is 27.8. The van der Waals surface area contributed by atoms with Crippen LogP contribution in [0.5, 0.6) is 0 Å². The Hall–Kier alpha value is -0.600. The molecule has 0 saturated heterocycles. The van der Waals surface area contributed by atoms with E-state index in [1.54, 1.807) is 12.1 Å². The largest absolute Gasteiger partial charge is 0.305 e. The summed E-state index contributed by atoms with van der Waals surface area (Å²) in [6.45, 7) is 0.806. The monoisotopic (exact) mass is 408 g/mol. The van der Waals surface area contributed by atoms with Crippen molar-refractivity contribution >= 4 is 54.6 Å². The summed E-state index contributed by atoms with van der Waals surface area (Å²) in [7, 11) is 0.355. The first kappa shape index (κ1) is 16.8. The zero-order chi connectivity index (χ0) is 15.6. The minimum absolute atomic E-state index is 0.178. The maximum atomic E-state index is 12.2. The summed E-state index contributed by atoms with van der Waals surface area (Å²) in [4.78, 5) is 2.05. The molecule has 1 heterocycles. The van der Waals surface area contributed by atoms with Crippen LogP contribution < -0.4 is 4.72 Å². The van der Waals surface area contributed by atoms with Crippen molar-refractivity contribution in [1.29, 1.82) is 0 Å². The molecule has 0 radical (unpaired) electrons. The predicted octanol–water partition coefficient (Wildman–Crippen LogP) is 4.03. The van der Waals surface area contributed by atoms with Gasteiger partial charge in [-0.25, -0.2) is 8.42 Å². The van der Waals surface area contributed by atoms with Crippen molar-refractivity contribution in [1.82, 2.24) is 4.90 Å². The molecule has 21 heavy (non-hydrogen) atoms. The van der Waals surface area contributed by atoms with Crippen LogP contribution in [0.2, 0.25) is 5.02 Å². The van der Waals surface area contributed by atoms with Crippen LogP contribution in [-0.4, -0.2) is 27.4 Å². The van der Waals surface area contributed by atoms with Crippen molar-refractivity contribution in [3.8, 4) is 0 Å². The third-order valence-corrected chi connectivity index (χ3v) is 6.92. The molecule has 0 spiro atoms. The summed E-state index contributed by atoms with van der Waals surface area (Å²) in [6.07, 6.45) is 0. The van der Waals surface area contributed by atoms with Gasteiger partial charge in [-0.15, -0.1) is 11.3 Å². The molecular formula is C13H14BrClN2O2S2. The van der Waals surface area contributed by atoms with Crippen molar-refractivity contribution in [3.63, 3.8) is 0 Å². The van der Waals surface area contributed by atoms with Gasteiger partial charge < -0.3 is 4.90 Å². The number of halogens is 2. The molecule has 1 N–H and O–H groups in total. The van der Waals surface area contributed by atoms with Crippen LogP contribution in [-0.2, 0) is 16.6 Å². The zero-order valence-corrected chi connectivity index (χ0v) is 15.4. The highest BCUT2D eigenvalue weighted by atomic mass is 79.9. The van der Waals surface area contributed by atoms with Crippen molar-refractivity contribution < 1.29 is 8.42 Å². The molecule has 4 nitrogen and oxygen atoms in total. The molecule has 0 unspecified atom stereocenters. The summed E-state index contributed by atoms with van der Waals surface area (Å²) in [5.74, 6) is 0. The average molecular weight is 410 g/mol. The fourth-order valence-corrected chi connectivity index (χ4v) is 5.16. The van der Waals surface area contributed by atoms with Crippen LogP contribution in [0.3, 0.4) is 0 Å². The van der Waals surface area contributed by atoms with Crippen molar-refractivity contribution in [2.45, 2.75) is 10.8 Å². The van der Waals surface area contributed by atoms with Crippen LogP contribution in [0.1, 0.15) is 5.56 Å². The smallest absolute Gasteiger partial charge is 0.271 e. The summed E-state index contributed by atoms with van der Waals surface area (Å²) in [6, 6.07) is 8.73. The first-order chi connectivity index (χ1) is 9.78. The van der Waals surface area contributed by atoms with Gasteiger partial charge in [-0.2, -0.15) is 0 Å². The molecule has 0 aliphatic rings. The number of hydrogen-bond acceptors (Lipinski definition) is 4. The second-order valence-electron chi connectivity index (χ2n) is 4.73. The normalized spacial score (nSPS) is 11.9. The topological polar surface area (TPSA) is 49.4 Å². The predicted molar refractivity (Wildman–Crippen MR) is 91.7 cm³/mol. The van der Waals surface area contributed by atoms with Gasteiger partial charge in [0.15, 0.2) is 0 Å². The van der Waals surface area contributed by atoms with Crippen LogP contribution in [0.15, 0.2) is 38.3 Å². The fourth-order valence-electron chi connectivity index (χ4n) is 1.71. The molecule has 0 saturated carbocycles. The van der Waals surface area contributed by atoms with E-state index < -0.39 is 10.0 Å². The zero-order valence-electron chi connectivity index (χ0n) is 11.4. The molecule has 0 bridgehead atoms. The highest BCUT2D eigenvalue weighted by Crippen LogP contribution is 2.35. The quantitative estimate of drug-likeness (QED) is 0.811. The van der Waals surface area contributed by atoms with E-state index in [-0.39, 0.29) is 4.21 Å². The Morgan fingerprint density at radius 3 is 2.38 bits per heavy atom. The minimum Gasteiger partial charge on any atom is -0.305 e. The number of anilines is 1. The Bertz CT molecular complexity index is 708. The van der Waals surface area contributed by atoms with E-state index in [0.717, 1.165) is 23.4 Å². The highest BCUT2D eigenvalue weighted by molar-refractivity contribution is 9.11. The minimum atomic E-state index is -3.61. The maximum absolute atomic E-state index is 12.2. The van der Waals surface area contributed by atoms with Gasteiger partial charge in [0.05, 0.1) is 8.81 Å². The fraction of sp³-hybridized carbons (Fsp3) is 0.231. The number of sulfonamides is 1. The molecule has 114 valence electrons. The number of nitrogens with zero attached hydrogens (tertiary/aromatic N) is 1. The van der Waals surface area contributed by atoms with Crippen molar-refractivity contribution in [3.05, 3.63) is 44.7 Å². The molecule has 2 rings (SSSR count). The van der Waals surface area contributed by atoms with E-state index in [0.29, 0.717) is 14.5 Å². The van der Waals surface area contributed by atoms with Gasteiger partial charge >= 0.3 is 0 Å². The van der Waals surface area contributed by atoms with Crippen LogP contribution in [0.4, 0.5) is 5.69 Å². The summed E-state index contributed by atoms with van der Waals surface area (Å²) in [5.41, 5.74) is 1.64. The van der Waals surface area contributed by atoms with Gasteiger partial charge in [0.25, 0.3) is 10.0 Å². The Morgan fingerprint density at radius 1 is 1.29 bits per heavy atom. The van der Waals surface area contributed by atoms with Gasteiger partial charge in [-0.1, -0.05) is 23.7 Å². The number of rotatable bonds is 5. The highest BCUT2D eigenvalue weighted by Gasteiger charge is 2.19. The molecule has 8 heteroatoms. The van der Waals surface area contributed by atoms with Gasteiger partial charge in [0.1, 0.15) is 4.21 Å². The Morgan fingerprint density at radius 2 is 1.90 bits per heavy atom. The van der Waals surface area contributed by atoms with E-state index in [1.165, 1.54) is 6.07 Å². The van der Waals surface area contributed by atoms with E-state index in [4.69, 9.17) is 11.6 Å². The van der Waals surface area contributed by atoms with Crippen molar-refractivity contribution in [2.75, 3.05) is 18.8 Å². The third kappa shape index (κ3) is 4.43. The SMILES string of the molecule is CN(C)Cc1ccc(NS(=O)(=O)c2cc(Cl)c(Br)s2)cc1. The Balaban J connectivity index is 2.17. The molecule has 1 aromatic heterocycles. The second kappa shape index (κ2) is 6.66. The van der Waals surface area contributed by atoms with Gasteiger partial charge in [0, 0.05) is 12.2 Å². The number of hydrogen-bond donors (Lipinski definition) is 1. The van der Waals surface area contributed by atoms with Crippen LogP contribution >= 0.6 is 38.9 Å². The third-order valence-electron chi connectivity index (χ3n) is 2.59. The van der Waals surface area contributed by atoms with Crippen molar-refractivity contribution in [2.24, 2.45) is 0 Å². The standard InChI is InChI=1S/C13H14BrClN2O2S2/c1-17(2)8-9-3-5-10(6-4-9)16-21(18,19)12-7-11(15)13(14)20-12/h3-7,16H,8H2,1-2H3. The van der Waals surface area contributed by atoms with E-state index in [9.17, 15) is 8.42 Å². The number of thiophene rings is 1. The van der Waals surface area contributed by atoms with E-state index in [1.807, 2.05) is 31.1 Å². The lowest BCUT2D eigenvalue weighted by atomic mass is 10.2. The van der Waals surface area contributed by atoms with E-state index >= 15 is 0 Å². The molecule has 0 aliphatic carbocycles. The van der Waals surface area contributed by atoms with Gasteiger partial charge in [-0.3, -0.25) is 4.72 Å². The first-order valence-corrected chi connectivity index (χ1v) is 9.46. The van der Waals surface area contributed by atoms with E-state index in [2.05, 4.69) is 20.7 Å². The molecule has 2 aromatic rings. The average Bonchev–Trinajstić information content (AvgIpc) is 2.72. The second-order valence-corrected chi connectivity index (χ2v) is 9.41. The maximum Gasteiger partial charge on any atom is 0.271 e. The summed E-state index contributed by atoms with van der Waals surface area (Å²) >= 11 is 10.2. The first-order valence-electron chi connectivity index (χ1n) is 5.99. The number of benzene rings is 1. The molecule has 0 fully saturated rings.